The van der Waals surface area contributed by atoms with Crippen molar-refractivity contribution in [3.05, 3.63) is 78.9 Å². The van der Waals surface area contributed by atoms with E-state index in [0.717, 1.165) is 28.6 Å². The molecule has 3 aromatic rings. The highest BCUT2D eigenvalue weighted by atomic mass is 16.5. The highest BCUT2D eigenvalue weighted by Crippen LogP contribution is 2.22. The Kier molecular flexibility index (Phi) is 6.52. The van der Waals surface area contributed by atoms with Crippen LogP contribution in [0, 0.1) is 0 Å². The van der Waals surface area contributed by atoms with E-state index in [1.54, 1.807) is 0 Å². The van der Waals surface area contributed by atoms with E-state index in [4.69, 9.17) is 4.74 Å². The molecule has 0 aliphatic carbocycles. The fraction of sp³-hybridized carbons (Fsp3) is 0.174. The summed E-state index contributed by atoms with van der Waals surface area (Å²) in [5.41, 5.74) is 2.89. The van der Waals surface area contributed by atoms with Crippen molar-refractivity contribution in [3.8, 4) is 11.5 Å². The Hall–Kier alpha value is -3.47. The second kappa shape index (κ2) is 9.46. The minimum Gasteiger partial charge on any atom is -0.457 e. The van der Waals surface area contributed by atoms with E-state index in [9.17, 15) is 4.79 Å². The fourth-order valence-corrected chi connectivity index (χ4v) is 2.65. The van der Waals surface area contributed by atoms with E-state index < -0.39 is 0 Å². The molecule has 28 heavy (non-hydrogen) atoms. The van der Waals surface area contributed by atoms with Crippen molar-refractivity contribution in [2.75, 3.05) is 36.2 Å². The van der Waals surface area contributed by atoms with Gasteiger partial charge in [-0.3, -0.25) is 4.79 Å². The van der Waals surface area contributed by atoms with Gasteiger partial charge in [-0.25, -0.2) is 0 Å². The van der Waals surface area contributed by atoms with Gasteiger partial charge in [-0.2, -0.15) is 0 Å². The molecule has 5 nitrogen and oxygen atoms in total. The molecule has 0 radical (unpaired) electrons. The summed E-state index contributed by atoms with van der Waals surface area (Å²) in [4.78, 5) is 14.2. The first kappa shape index (κ1) is 19.3. The summed E-state index contributed by atoms with van der Waals surface area (Å²) in [6, 6.07) is 25.1. The first-order valence-electron chi connectivity index (χ1n) is 9.24. The Balaban J connectivity index is 1.43. The second-order valence-corrected chi connectivity index (χ2v) is 6.61. The predicted octanol–water partition coefficient (Wildman–Crippen LogP) is 4.99. The van der Waals surface area contributed by atoms with Gasteiger partial charge < -0.3 is 20.3 Å². The molecule has 0 heterocycles. The SMILES string of the molecule is CN(C)c1ccc(NCCC(=O)Nc2ccc(Oc3ccccc3)cc2)cc1. The van der Waals surface area contributed by atoms with Crippen LogP contribution in [-0.4, -0.2) is 26.5 Å². The highest BCUT2D eigenvalue weighted by Gasteiger charge is 2.04. The number of amides is 1. The van der Waals surface area contributed by atoms with Gasteiger partial charge in [-0.15, -0.1) is 0 Å². The molecular weight excluding hydrogens is 350 g/mol. The standard InChI is InChI=1S/C23H25N3O2/c1-26(2)20-12-8-18(9-13-20)24-17-16-23(27)25-19-10-14-22(15-11-19)28-21-6-4-3-5-7-21/h3-15,24H,16-17H2,1-2H3,(H,25,27). The number of hydrogen-bond donors (Lipinski definition) is 2. The minimum atomic E-state index is -0.0332. The first-order chi connectivity index (χ1) is 13.6. The maximum atomic E-state index is 12.1. The van der Waals surface area contributed by atoms with Crippen molar-refractivity contribution in [2.45, 2.75) is 6.42 Å². The Bertz CT molecular complexity index is 876. The summed E-state index contributed by atoms with van der Waals surface area (Å²) in [6.07, 6.45) is 0.387. The van der Waals surface area contributed by atoms with Gasteiger partial charge in [0.05, 0.1) is 0 Å². The van der Waals surface area contributed by atoms with Crippen LogP contribution in [0.2, 0.25) is 0 Å². The molecule has 0 aromatic heterocycles. The van der Waals surface area contributed by atoms with Crippen molar-refractivity contribution in [1.82, 2.24) is 0 Å². The zero-order chi connectivity index (χ0) is 19.8. The van der Waals surface area contributed by atoms with Gasteiger partial charge in [-0.05, 0) is 60.7 Å². The molecule has 0 atom stereocenters. The molecule has 144 valence electrons. The molecule has 0 bridgehead atoms. The van der Waals surface area contributed by atoms with E-state index in [0.29, 0.717) is 13.0 Å². The van der Waals surface area contributed by atoms with Crippen LogP contribution in [0.3, 0.4) is 0 Å². The number of hydrogen-bond acceptors (Lipinski definition) is 4. The lowest BCUT2D eigenvalue weighted by atomic mass is 10.2. The molecule has 0 saturated carbocycles. The van der Waals surface area contributed by atoms with E-state index in [-0.39, 0.29) is 5.91 Å². The molecule has 5 heteroatoms. The van der Waals surface area contributed by atoms with Gasteiger partial charge >= 0.3 is 0 Å². The van der Waals surface area contributed by atoms with Gasteiger partial charge in [0, 0.05) is 44.1 Å². The monoisotopic (exact) mass is 375 g/mol. The summed E-state index contributed by atoms with van der Waals surface area (Å²) < 4.78 is 5.75. The van der Waals surface area contributed by atoms with Crippen LogP contribution in [0.4, 0.5) is 17.1 Å². The number of carbonyl (C=O) groups excluding carboxylic acids is 1. The van der Waals surface area contributed by atoms with Crippen LogP contribution in [-0.2, 0) is 4.79 Å². The smallest absolute Gasteiger partial charge is 0.226 e. The molecule has 3 aromatic carbocycles. The van der Waals surface area contributed by atoms with Gasteiger partial charge in [0.15, 0.2) is 0 Å². The lowest BCUT2D eigenvalue weighted by Gasteiger charge is -2.13. The van der Waals surface area contributed by atoms with Crippen molar-refractivity contribution >= 4 is 23.0 Å². The summed E-state index contributed by atoms with van der Waals surface area (Å²) >= 11 is 0. The van der Waals surface area contributed by atoms with E-state index >= 15 is 0 Å². The molecule has 1 amide bonds. The number of benzene rings is 3. The Morgan fingerprint density at radius 2 is 1.43 bits per heavy atom. The summed E-state index contributed by atoms with van der Waals surface area (Å²) in [5.74, 6) is 1.48. The second-order valence-electron chi connectivity index (χ2n) is 6.61. The van der Waals surface area contributed by atoms with Crippen LogP contribution in [0.25, 0.3) is 0 Å². The van der Waals surface area contributed by atoms with Crippen LogP contribution < -0.4 is 20.3 Å². The molecule has 0 aliphatic rings. The molecule has 0 unspecified atom stereocenters. The lowest BCUT2D eigenvalue weighted by Crippen LogP contribution is -2.16. The zero-order valence-electron chi connectivity index (χ0n) is 16.2. The third-order valence-electron chi connectivity index (χ3n) is 4.18. The van der Waals surface area contributed by atoms with Crippen LogP contribution in [0.5, 0.6) is 11.5 Å². The van der Waals surface area contributed by atoms with E-state index in [1.165, 1.54) is 0 Å². The number of carbonyl (C=O) groups is 1. The number of nitrogens with zero attached hydrogens (tertiary/aromatic N) is 1. The average molecular weight is 375 g/mol. The summed E-state index contributed by atoms with van der Waals surface area (Å²) in [7, 11) is 4.01. The average Bonchev–Trinajstić information content (AvgIpc) is 2.71. The molecule has 2 N–H and O–H groups in total. The quantitative estimate of drug-likeness (QED) is 0.583. The largest absolute Gasteiger partial charge is 0.457 e. The molecule has 0 aliphatic heterocycles. The maximum absolute atomic E-state index is 12.1. The fourth-order valence-electron chi connectivity index (χ4n) is 2.65. The third-order valence-corrected chi connectivity index (χ3v) is 4.18. The highest BCUT2D eigenvalue weighted by molar-refractivity contribution is 5.91. The topological polar surface area (TPSA) is 53.6 Å². The molecular formula is C23H25N3O2. The molecule has 0 spiro atoms. The van der Waals surface area contributed by atoms with Gasteiger partial charge in [0.25, 0.3) is 0 Å². The van der Waals surface area contributed by atoms with Crippen molar-refractivity contribution in [1.29, 1.82) is 0 Å². The van der Waals surface area contributed by atoms with Crippen LogP contribution in [0.15, 0.2) is 78.9 Å². The number of nitrogens with one attached hydrogen (secondary N) is 2. The van der Waals surface area contributed by atoms with Crippen molar-refractivity contribution in [2.24, 2.45) is 0 Å². The zero-order valence-corrected chi connectivity index (χ0v) is 16.2. The number of para-hydroxylation sites is 1. The summed E-state index contributed by atoms with van der Waals surface area (Å²) in [6.45, 7) is 0.572. The Morgan fingerprint density at radius 3 is 2.07 bits per heavy atom. The van der Waals surface area contributed by atoms with Gasteiger partial charge in [-0.1, -0.05) is 18.2 Å². The maximum Gasteiger partial charge on any atom is 0.226 e. The van der Waals surface area contributed by atoms with E-state index in [1.807, 2.05) is 97.9 Å². The number of anilines is 3. The summed E-state index contributed by atoms with van der Waals surface area (Å²) in [5, 5.41) is 6.17. The molecule has 0 fully saturated rings. The van der Waals surface area contributed by atoms with Gasteiger partial charge in [0.2, 0.25) is 5.91 Å². The van der Waals surface area contributed by atoms with Crippen molar-refractivity contribution in [3.63, 3.8) is 0 Å². The van der Waals surface area contributed by atoms with Crippen LogP contribution in [0.1, 0.15) is 6.42 Å². The van der Waals surface area contributed by atoms with Crippen molar-refractivity contribution < 1.29 is 9.53 Å². The minimum absolute atomic E-state index is 0.0332. The Morgan fingerprint density at radius 1 is 0.821 bits per heavy atom. The number of rotatable bonds is 8. The first-order valence-corrected chi connectivity index (χ1v) is 9.24. The van der Waals surface area contributed by atoms with Crippen LogP contribution >= 0.6 is 0 Å². The van der Waals surface area contributed by atoms with E-state index in [2.05, 4.69) is 10.6 Å². The predicted molar refractivity (Wildman–Crippen MR) is 115 cm³/mol. The molecule has 0 saturated heterocycles. The normalized spacial score (nSPS) is 10.2. The van der Waals surface area contributed by atoms with Gasteiger partial charge in [0.1, 0.15) is 11.5 Å². The number of ether oxygens (including phenoxy) is 1. The molecule has 3 rings (SSSR count). The lowest BCUT2D eigenvalue weighted by molar-refractivity contribution is -0.115. The Labute approximate surface area is 166 Å². The third kappa shape index (κ3) is 5.77.